The first-order valence-corrected chi connectivity index (χ1v) is 10.8. The van der Waals surface area contributed by atoms with Crippen molar-refractivity contribution in [1.82, 2.24) is 0 Å². The maximum atomic E-state index is 12.4. The lowest BCUT2D eigenvalue weighted by Gasteiger charge is -2.23. The fourth-order valence-corrected chi connectivity index (χ4v) is 4.82. The highest BCUT2D eigenvalue weighted by Gasteiger charge is 2.38. The lowest BCUT2D eigenvalue weighted by atomic mass is 9.83. The highest BCUT2D eigenvalue weighted by molar-refractivity contribution is 7.91. The van der Waals surface area contributed by atoms with Gasteiger partial charge in [-0.2, -0.15) is 0 Å². The molecule has 0 amide bonds. The number of carbonyl (C=O) groups is 2. The molecular weight excluding hydrogens is 400 g/mol. The fourth-order valence-electron chi connectivity index (χ4n) is 3.25. The largest absolute Gasteiger partial charge is 0.454 e. The molecule has 1 aromatic heterocycles. The summed E-state index contributed by atoms with van der Waals surface area (Å²) in [6, 6.07) is 9.04. The second-order valence-corrected chi connectivity index (χ2v) is 9.67. The highest BCUT2D eigenvalue weighted by Crippen LogP contribution is 2.46. The molecule has 0 bridgehead atoms. The summed E-state index contributed by atoms with van der Waals surface area (Å²) in [5, 5.41) is 6.35. The Bertz CT molecular complexity index is 1080. The van der Waals surface area contributed by atoms with Crippen LogP contribution in [0.3, 0.4) is 0 Å². The summed E-state index contributed by atoms with van der Waals surface area (Å²) in [5.41, 5.74) is 2.63. The van der Waals surface area contributed by atoms with Crippen molar-refractivity contribution in [3.8, 4) is 0 Å². The number of benzene rings is 1. The number of likely N-dealkylation sites (N-methyl/N-ethyl adjacent to an activating group) is 1. The molecule has 1 aliphatic rings. The van der Waals surface area contributed by atoms with Crippen molar-refractivity contribution < 1.29 is 22.7 Å². The Balaban J connectivity index is 1.71. The Morgan fingerprint density at radius 2 is 1.96 bits per heavy atom. The molecule has 2 N–H and O–H groups in total. The zero-order valence-electron chi connectivity index (χ0n) is 15.6. The molecule has 0 unspecified atom stereocenters. The van der Waals surface area contributed by atoms with Gasteiger partial charge in [0.1, 0.15) is 4.21 Å². The summed E-state index contributed by atoms with van der Waals surface area (Å²) in [4.78, 5) is 26.4. The van der Waals surface area contributed by atoms with E-state index in [1.54, 1.807) is 0 Å². The van der Waals surface area contributed by atoms with Gasteiger partial charge in [0, 0.05) is 35.3 Å². The first kappa shape index (κ1) is 20.2. The van der Waals surface area contributed by atoms with E-state index in [-0.39, 0.29) is 21.0 Å². The molecule has 2 heterocycles. The van der Waals surface area contributed by atoms with E-state index < -0.39 is 22.6 Å². The first-order valence-electron chi connectivity index (χ1n) is 8.38. The molecule has 1 aliphatic heterocycles. The monoisotopic (exact) mass is 420 g/mol. The van der Waals surface area contributed by atoms with Gasteiger partial charge >= 0.3 is 5.97 Å². The van der Waals surface area contributed by atoms with Crippen molar-refractivity contribution in [1.29, 1.82) is 0 Å². The normalized spacial score (nSPS) is 16.9. The molecule has 148 valence electrons. The number of esters is 1. The Labute approximate surface area is 167 Å². The Morgan fingerprint density at radius 3 is 2.57 bits per heavy atom. The van der Waals surface area contributed by atoms with E-state index in [1.807, 2.05) is 50.1 Å². The van der Waals surface area contributed by atoms with Crippen LogP contribution in [0.15, 0.2) is 51.7 Å². The van der Waals surface area contributed by atoms with E-state index in [4.69, 9.17) is 9.88 Å². The minimum Gasteiger partial charge on any atom is -0.454 e. The number of para-hydroxylation sites is 1. The van der Waals surface area contributed by atoms with Crippen LogP contribution in [0.1, 0.15) is 29.8 Å². The standard InChI is InChI=1S/C19H20N2O5S2/c1-19(2)14-6-4-5-7-15(14)21(3)16(19)9-13(22)10-26-18(23)12-8-17(27-11-12)28(20,24)25/h4-9,11H,10H2,1-3H3,(H2,20,24,25)/b16-9-. The van der Waals surface area contributed by atoms with E-state index >= 15 is 0 Å². The number of fused-ring (bicyclic) bond motifs is 1. The average molecular weight is 421 g/mol. The molecular formula is C19H20N2O5S2. The summed E-state index contributed by atoms with van der Waals surface area (Å²) < 4.78 is 27.5. The van der Waals surface area contributed by atoms with Gasteiger partial charge in [0.15, 0.2) is 12.4 Å². The smallest absolute Gasteiger partial charge is 0.339 e. The number of nitrogens with two attached hydrogens (primary N) is 1. The number of ether oxygens (including phenoxy) is 1. The summed E-state index contributed by atoms with van der Waals surface area (Å²) in [7, 11) is -1.99. The van der Waals surface area contributed by atoms with Crippen LogP contribution in [0, 0.1) is 0 Å². The second kappa shape index (κ2) is 7.16. The number of rotatable bonds is 5. The summed E-state index contributed by atoms with van der Waals surface area (Å²) in [6.07, 6.45) is 1.48. The van der Waals surface area contributed by atoms with Crippen molar-refractivity contribution in [2.24, 2.45) is 5.14 Å². The van der Waals surface area contributed by atoms with Crippen molar-refractivity contribution >= 4 is 38.8 Å². The van der Waals surface area contributed by atoms with E-state index in [1.165, 1.54) is 11.5 Å². The van der Waals surface area contributed by atoms with Crippen molar-refractivity contribution in [3.05, 3.63) is 58.6 Å². The lowest BCUT2D eigenvalue weighted by Crippen LogP contribution is -2.25. The average Bonchev–Trinajstić information content (AvgIpc) is 3.19. The van der Waals surface area contributed by atoms with Crippen LogP contribution in [0.5, 0.6) is 0 Å². The topological polar surface area (TPSA) is 107 Å². The second-order valence-electron chi connectivity index (χ2n) is 6.97. The quantitative estimate of drug-likeness (QED) is 0.588. The Morgan fingerprint density at radius 1 is 1.29 bits per heavy atom. The molecule has 7 nitrogen and oxygen atoms in total. The van der Waals surface area contributed by atoms with Crippen molar-refractivity contribution in [2.75, 3.05) is 18.6 Å². The van der Waals surface area contributed by atoms with Gasteiger partial charge in [-0.1, -0.05) is 32.0 Å². The zero-order chi connectivity index (χ0) is 20.7. The highest BCUT2D eigenvalue weighted by atomic mass is 32.2. The van der Waals surface area contributed by atoms with Crippen LogP contribution in [0.2, 0.25) is 0 Å². The summed E-state index contributed by atoms with van der Waals surface area (Å²) >= 11 is 0.821. The number of anilines is 1. The summed E-state index contributed by atoms with van der Waals surface area (Å²) in [6.45, 7) is 3.62. The molecule has 9 heteroatoms. The molecule has 0 radical (unpaired) electrons. The van der Waals surface area contributed by atoms with Crippen LogP contribution < -0.4 is 10.0 Å². The minimum atomic E-state index is -3.88. The third-order valence-corrected chi connectivity index (χ3v) is 7.06. The number of nitrogens with zero attached hydrogens (tertiary/aromatic N) is 1. The van der Waals surface area contributed by atoms with Gasteiger partial charge in [-0.15, -0.1) is 11.3 Å². The van der Waals surface area contributed by atoms with E-state index in [2.05, 4.69) is 0 Å². The molecule has 0 saturated heterocycles. The fraction of sp³-hybridized carbons (Fsp3) is 0.263. The molecule has 0 spiro atoms. The van der Waals surface area contributed by atoms with Gasteiger partial charge in [-0.3, -0.25) is 4.79 Å². The van der Waals surface area contributed by atoms with Gasteiger partial charge in [0.2, 0.25) is 10.0 Å². The first-order chi connectivity index (χ1) is 13.0. The number of hydrogen-bond acceptors (Lipinski definition) is 7. The SMILES string of the molecule is CN1/C(=C\C(=O)COC(=O)c2csc(S(N)(=O)=O)c2)C(C)(C)c2ccccc21. The van der Waals surface area contributed by atoms with E-state index in [9.17, 15) is 18.0 Å². The number of carbonyl (C=O) groups excluding carboxylic acids is 2. The van der Waals surface area contributed by atoms with Crippen LogP contribution >= 0.6 is 11.3 Å². The van der Waals surface area contributed by atoms with E-state index in [0.717, 1.165) is 34.4 Å². The molecule has 28 heavy (non-hydrogen) atoms. The van der Waals surface area contributed by atoms with Crippen molar-refractivity contribution in [2.45, 2.75) is 23.5 Å². The molecule has 2 aromatic rings. The van der Waals surface area contributed by atoms with Crippen LogP contribution in [0.25, 0.3) is 0 Å². The van der Waals surface area contributed by atoms with Gasteiger partial charge in [0.25, 0.3) is 0 Å². The molecule has 0 saturated carbocycles. The number of hydrogen-bond donors (Lipinski definition) is 1. The summed E-state index contributed by atoms with van der Waals surface area (Å²) in [5.74, 6) is -1.14. The predicted molar refractivity (Wildman–Crippen MR) is 107 cm³/mol. The van der Waals surface area contributed by atoms with Gasteiger partial charge in [-0.05, 0) is 17.7 Å². The number of sulfonamides is 1. The van der Waals surface area contributed by atoms with E-state index in [0.29, 0.717) is 0 Å². The third kappa shape index (κ3) is 3.73. The van der Waals surface area contributed by atoms with Crippen molar-refractivity contribution in [3.63, 3.8) is 0 Å². The van der Waals surface area contributed by atoms with Gasteiger partial charge in [-0.25, -0.2) is 18.4 Å². The van der Waals surface area contributed by atoms with Crippen LogP contribution in [-0.4, -0.2) is 33.8 Å². The van der Waals surface area contributed by atoms with Gasteiger partial charge < -0.3 is 9.64 Å². The minimum absolute atomic E-state index is 0.0418. The Hall–Kier alpha value is -2.49. The Kier molecular flexibility index (Phi) is 5.18. The predicted octanol–water partition coefficient (Wildman–Crippen LogP) is 2.43. The molecule has 1 aromatic carbocycles. The van der Waals surface area contributed by atoms with Crippen LogP contribution in [-0.2, 0) is 25.0 Å². The zero-order valence-corrected chi connectivity index (χ0v) is 17.3. The molecule has 0 fully saturated rings. The third-order valence-electron chi connectivity index (χ3n) is 4.68. The molecule has 3 rings (SSSR count). The maximum Gasteiger partial charge on any atom is 0.339 e. The number of thiophene rings is 1. The van der Waals surface area contributed by atoms with Crippen LogP contribution in [0.4, 0.5) is 5.69 Å². The maximum absolute atomic E-state index is 12.4. The molecule has 0 atom stereocenters. The van der Waals surface area contributed by atoms with Gasteiger partial charge in [0.05, 0.1) is 5.56 Å². The lowest BCUT2D eigenvalue weighted by molar-refractivity contribution is -0.117. The number of ketones is 1. The molecule has 0 aliphatic carbocycles. The number of primary sulfonamides is 1. The number of allylic oxidation sites excluding steroid dienone is 1.